The second-order valence-electron chi connectivity index (χ2n) is 6.76. The lowest BCUT2D eigenvalue weighted by Gasteiger charge is -2.19. The molecule has 29 heavy (non-hydrogen) atoms. The maximum atomic E-state index is 13.9. The molecule has 0 saturated heterocycles. The van der Waals surface area contributed by atoms with Gasteiger partial charge in [0.1, 0.15) is 17.7 Å². The number of nitrogens with zero attached hydrogens (tertiary/aromatic N) is 1. The quantitative estimate of drug-likeness (QED) is 0.330. The minimum atomic E-state index is -0.504. The lowest BCUT2D eigenvalue weighted by atomic mass is 10.1. The average Bonchev–Trinajstić information content (AvgIpc) is 3.44. The van der Waals surface area contributed by atoms with E-state index in [0.717, 1.165) is 0 Å². The van der Waals surface area contributed by atoms with Crippen LogP contribution in [0.1, 0.15) is 24.8 Å². The van der Waals surface area contributed by atoms with Crippen LogP contribution >= 0.6 is 24.0 Å². The zero-order valence-corrected chi connectivity index (χ0v) is 18.9. The van der Waals surface area contributed by atoms with E-state index in [1.807, 2.05) is 31.2 Å². The molecule has 3 rings (SSSR count). The zero-order valence-electron chi connectivity index (χ0n) is 16.6. The number of aliphatic imine (C=N–C) groups is 1. The molecule has 0 aromatic heterocycles. The van der Waals surface area contributed by atoms with Crippen LogP contribution in [-0.2, 0) is 0 Å². The number of hydrogen-bond acceptors (Lipinski definition) is 3. The molecule has 0 heterocycles. The Balaban J connectivity index is 0.00000300. The predicted octanol–water partition coefficient (Wildman–Crippen LogP) is 4.08. The summed E-state index contributed by atoms with van der Waals surface area (Å²) in [4.78, 5) is 4.18. The smallest absolute Gasteiger partial charge is 0.191 e. The fourth-order valence-electron chi connectivity index (χ4n) is 3.12. The third kappa shape index (κ3) is 5.94. The lowest BCUT2D eigenvalue weighted by molar-refractivity contribution is 0.213. The highest BCUT2D eigenvalue weighted by Crippen LogP contribution is 2.43. The minimum Gasteiger partial charge on any atom is -0.493 e. The van der Waals surface area contributed by atoms with E-state index < -0.39 is 11.6 Å². The van der Waals surface area contributed by atoms with Crippen LogP contribution in [0.3, 0.4) is 0 Å². The molecule has 5 nitrogen and oxygen atoms in total. The first-order valence-corrected chi connectivity index (χ1v) is 9.24. The molecule has 1 aliphatic rings. The molecular weight excluding hydrogens is 491 g/mol. The summed E-state index contributed by atoms with van der Waals surface area (Å²) in [6.07, 6.45) is 0.514. The maximum absolute atomic E-state index is 13.9. The summed E-state index contributed by atoms with van der Waals surface area (Å²) < 4.78 is 39.0. The molecular formula is C21H26F2IN3O2. The van der Waals surface area contributed by atoms with E-state index in [4.69, 9.17) is 9.47 Å². The highest BCUT2D eigenvalue weighted by atomic mass is 127. The number of halogens is 3. The van der Waals surface area contributed by atoms with Gasteiger partial charge in [-0.2, -0.15) is 0 Å². The first kappa shape index (κ1) is 23.2. The van der Waals surface area contributed by atoms with Crippen molar-refractivity contribution in [1.82, 2.24) is 10.6 Å². The number of ether oxygens (including phenoxy) is 2. The Labute approximate surface area is 186 Å². The first-order valence-electron chi connectivity index (χ1n) is 9.24. The molecule has 158 valence electrons. The number of methoxy groups -OCH3 is 1. The van der Waals surface area contributed by atoms with E-state index in [-0.39, 0.29) is 47.6 Å². The second-order valence-corrected chi connectivity index (χ2v) is 6.76. The second kappa shape index (κ2) is 10.6. The summed E-state index contributed by atoms with van der Waals surface area (Å²) in [6.45, 7) is 2.44. The van der Waals surface area contributed by atoms with Gasteiger partial charge in [-0.15, -0.1) is 24.0 Å². The molecule has 2 aromatic carbocycles. The van der Waals surface area contributed by atoms with Crippen LogP contribution in [0.25, 0.3) is 0 Å². The molecule has 2 aromatic rings. The van der Waals surface area contributed by atoms with Gasteiger partial charge in [-0.1, -0.05) is 18.2 Å². The highest BCUT2D eigenvalue weighted by Gasteiger charge is 2.42. The summed E-state index contributed by atoms with van der Waals surface area (Å²) in [5.74, 6) is 0.706. The summed E-state index contributed by atoms with van der Waals surface area (Å²) in [7, 11) is 3.25. The zero-order chi connectivity index (χ0) is 20.1. The Morgan fingerprint density at radius 3 is 2.41 bits per heavy atom. The normalized spacial score (nSPS) is 19.0. The van der Waals surface area contributed by atoms with Gasteiger partial charge in [0.15, 0.2) is 17.5 Å². The van der Waals surface area contributed by atoms with Crippen molar-refractivity contribution in [1.29, 1.82) is 0 Å². The van der Waals surface area contributed by atoms with Gasteiger partial charge in [0.2, 0.25) is 0 Å². The van der Waals surface area contributed by atoms with Gasteiger partial charge in [0.05, 0.1) is 13.7 Å². The fraction of sp³-hybridized carbons (Fsp3) is 0.381. The topological polar surface area (TPSA) is 54.9 Å². The van der Waals surface area contributed by atoms with E-state index in [2.05, 4.69) is 15.6 Å². The molecule has 1 saturated carbocycles. The Morgan fingerprint density at radius 2 is 1.79 bits per heavy atom. The highest BCUT2D eigenvalue weighted by molar-refractivity contribution is 14.0. The van der Waals surface area contributed by atoms with Gasteiger partial charge < -0.3 is 20.1 Å². The third-order valence-electron chi connectivity index (χ3n) is 4.66. The Kier molecular flexibility index (Phi) is 8.48. The van der Waals surface area contributed by atoms with Crippen LogP contribution in [0.4, 0.5) is 8.78 Å². The van der Waals surface area contributed by atoms with Crippen molar-refractivity contribution in [2.45, 2.75) is 31.4 Å². The monoisotopic (exact) mass is 517 g/mol. The van der Waals surface area contributed by atoms with Crippen molar-refractivity contribution >= 4 is 29.9 Å². The van der Waals surface area contributed by atoms with E-state index in [9.17, 15) is 8.78 Å². The van der Waals surface area contributed by atoms with Gasteiger partial charge in [0, 0.05) is 24.6 Å². The molecule has 8 heteroatoms. The molecule has 0 aliphatic heterocycles. The third-order valence-corrected chi connectivity index (χ3v) is 4.66. The Hall–Kier alpha value is -2.10. The van der Waals surface area contributed by atoms with E-state index in [1.54, 1.807) is 14.2 Å². The molecule has 0 amide bonds. The van der Waals surface area contributed by atoms with E-state index >= 15 is 0 Å². The summed E-state index contributed by atoms with van der Waals surface area (Å²) in [5, 5.41) is 6.40. The molecule has 0 radical (unpaired) electrons. The summed E-state index contributed by atoms with van der Waals surface area (Å²) in [5.41, 5.74) is 0.142. The van der Waals surface area contributed by atoms with Crippen molar-refractivity contribution in [2.24, 2.45) is 4.99 Å². The Bertz CT molecular complexity index is 830. The van der Waals surface area contributed by atoms with Gasteiger partial charge in [-0.05, 0) is 37.6 Å². The maximum Gasteiger partial charge on any atom is 0.191 e. The van der Waals surface area contributed by atoms with Gasteiger partial charge in [-0.3, -0.25) is 4.99 Å². The van der Waals surface area contributed by atoms with Crippen LogP contribution in [-0.4, -0.2) is 38.8 Å². The predicted molar refractivity (Wildman–Crippen MR) is 121 cm³/mol. The number of rotatable bonds is 7. The van der Waals surface area contributed by atoms with Crippen molar-refractivity contribution in [3.63, 3.8) is 0 Å². The van der Waals surface area contributed by atoms with Crippen LogP contribution in [0.15, 0.2) is 47.5 Å². The average molecular weight is 517 g/mol. The van der Waals surface area contributed by atoms with Crippen LogP contribution in [0, 0.1) is 11.6 Å². The van der Waals surface area contributed by atoms with E-state index in [0.29, 0.717) is 30.4 Å². The largest absolute Gasteiger partial charge is 0.493 e. The molecule has 2 N–H and O–H groups in total. The SMILES string of the molecule is CN=C(NCC(C)Oc1ccccc1OC)NC1CC1c1c(F)cccc1F.I. The molecule has 3 atom stereocenters. The molecule has 1 aliphatic carbocycles. The lowest BCUT2D eigenvalue weighted by Crippen LogP contribution is -2.43. The minimum absolute atomic E-state index is 0. The van der Waals surface area contributed by atoms with Crippen LogP contribution in [0.2, 0.25) is 0 Å². The molecule has 0 bridgehead atoms. The molecule has 1 fully saturated rings. The van der Waals surface area contributed by atoms with Crippen molar-refractivity contribution in [3.05, 3.63) is 59.7 Å². The number of hydrogen-bond donors (Lipinski definition) is 2. The van der Waals surface area contributed by atoms with E-state index in [1.165, 1.54) is 18.2 Å². The number of para-hydroxylation sites is 2. The van der Waals surface area contributed by atoms with Crippen molar-refractivity contribution < 1.29 is 18.3 Å². The fourth-order valence-corrected chi connectivity index (χ4v) is 3.12. The number of guanidine groups is 1. The summed E-state index contributed by atoms with van der Waals surface area (Å²) in [6, 6.07) is 11.4. The van der Waals surface area contributed by atoms with Crippen molar-refractivity contribution in [3.8, 4) is 11.5 Å². The van der Waals surface area contributed by atoms with Crippen LogP contribution < -0.4 is 20.1 Å². The van der Waals surface area contributed by atoms with Gasteiger partial charge >= 0.3 is 0 Å². The van der Waals surface area contributed by atoms with Gasteiger partial charge in [-0.25, -0.2) is 8.78 Å². The van der Waals surface area contributed by atoms with Gasteiger partial charge in [0.25, 0.3) is 0 Å². The standard InChI is InChI=1S/C21H25F2N3O2.HI/c1-13(28-19-10-5-4-9-18(19)27-3)12-25-21(24-2)26-17-11-14(17)20-15(22)7-6-8-16(20)23;/h4-10,13-14,17H,11-12H2,1-3H3,(H2,24,25,26);1H. The number of benzene rings is 2. The number of nitrogens with one attached hydrogen (secondary N) is 2. The molecule has 3 unspecified atom stereocenters. The summed E-state index contributed by atoms with van der Waals surface area (Å²) >= 11 is 0. The molecule has 0 spiro atoms. The Morgan fingerprint density at radius 1 is 1.14 bits per heavy atom. The first-order chi connectivity index (χ1) is 13.5. The van der Waals surface area contributed by atoms with Crippen LogP contribution in [0.5, 0.6) is 11.5 Å². The van der Waals surface area contributed by atoms with Crippen molar-refractivity contribution in [2.75, 3.05) is 20.7 Å².